The van der Waals surface area contributed by atoms with E-state index in [1.54, 1.807) is 0 Å². The summed E-state index contributed by atoms with van der Waals surface area (Å²) >= 11 is 5.93. The summed E-state index contributed by atoms with van der Waals surface area (Å²) in [5, 5.41) is 0.661. The molecule has 0 aromatic heterocycles. The van der Waals surface area contributed by atoms with Crippen LogP contribution in [0.3, 0.4) is 0 Å². The Kier molecular flexibility index (Phi) is 4.38. The highest BCUT2D eigenvalue weighted by molar-refractivity contribution is 6.30. The van der Waals surface area contributed by atoms with Crippen molar-refractivity contribution in [3.8, 4) is 0 Å². The maximum atomic E-state index is 12.5. The maximum absolute atomic E-state index is 12.5. The van der Waals surface area contributed by atoms with Gasteiger partial charge in [-0.3, -0.25) is 4.79 Å². The van der Waals surface area contributed by atoms with Gasteiger partial charge in [0.2, 0.25) is 0 Å². The zero-order valence-electron chi connectivity index (χ0n) is 10.3. The second-order valence-electron chi connectivity index (χ2n) is 4.83. The van der Waals surface area contributed by atoms with E-state index in [0.29, 0.717) is 31.2 Å². The molecule has 2 rings (SSSR count). The number of ether oxygens (including phenoxy) is 1. The van der Waals surface area contributed by atoms with Crippen LogP contribution < -0.4 is 5.73 Å². The van der Waals surface area contributed by atoms with E-state index >= 15 is 0 Å². The molecule has 1 aromatic rings. The van der Waals surface area contributed by atoms with E-state index in [-0.39, 0.29) is 5.78 Å². The molecule has 1 heterocycles. The van der Waals surface area contributed by atoms with Gasteiger partial charge >= 0.3 is 0 Å². The average Bonchev–Trinajstić information content (AvgIpc) is 2.39. The molecule has 1 saturated heterocycles. The first-order valence-corrected chi connectivity index (χ1v) is 6.60. The molecule has 18 heavy (non-hydrogen) atoms. The molecule has 0 amide bonds. The fourth-order valence-corrected chi connectivity index (χ4v) is 2.59. The third-order valence-corrected chi connectivity index (χ3v) is 3.92. The average molecular weight is 268 g/mol. The Morgan fingerprint density at radius 3 is 2.72 bits per heavy atom. The first-order valence-electron chi connectivity index (χ1n) is 6.22. The molecule has 0 unspecified atom stereocenters. The van der Waals surface area contributed by atoms with Crippen LogP contribution in [0, 0.1) is 5.41 Å². The Balaban J connectivity index is 2.10. The van der Waals surface area contributed by atoms with E-state index in [9.17, 15) is 4.79 Å². The van der Waals surface area contributed by atoms with Crippen LogP contribution in [-0.4, -0.2) is 25.5 Å². The summed E-state index contributed by atoms with van der Waals surface area (Å²) in [5.74, 6) is 0.204. The van der Waals surface area contributed by atoms with Crippen molar-refractivity contribution in [2.45, 2.75) is 19.3 Å². The van der Waals surface area contributed by atoms with Crippen LogP contribution in [0.5, 0.6) is 0 Å². The molecule has 0 aliphatic carbocycles. The molecule has 0 spiro atoms. The van der Waals surface area contributed by atoms with Crippen molar-refractivity contribution in [1.29, 1.82) is 0 Å². The van der Waals surface area contributed by atoms with Crippen LogP contribution in [0.25, 0.3) is 0 Å². The summed E-state index contributed by atoms with van der Waals surface area (Å²) in [6.45, 7) is 1.65. The van der Waals surface area contributed by atoms with Crippen LogP contribution in [0.15, 0.2) is 24.3 Å². The number of rotatable bonds is 4. The Labute approximate surface area is 112 Å². The lowest BCUT2D eigenvalue weighted by Gasteiger charge is -2.34. The van der Waals surface area contributed by atoms with E-state index in [0.717, 1.165) is 18.4 Å². The van der Waals surface area contributed by atoms with Gasteiger partial charge in [-0.2, -0.15) is 0 Å². The van der Waals surface area contributed by atoms with Crippen molar-refractivity contribution in [2.24, 2.45) is 11.1 Å². The molecule has 1 fully saturated rings. The number of Topliss-reactive ketones (excluding diaryl/α,β-unsaturated/α-hetero) is 1. The van der Waals surface area contributed by atoms with Gasteiger partial charge in [0.25, 0.3) is 0 Å². The molecule has 3 nitrogen and oxygen atoms in total. The lowest BCUT2D eigenvalue weighted by molar-refractivity contribution is -0.132. The van der Waals surface area contributed by atoms with Crippen molar-refractivity contribution in [3.63, 3.8) is 0 Å². The minimum absolute atomic E-state index is 0.204. The van der Waals surface area contributed by atoms with Crippen LogP contribution >= 0.6 is 11.6 Å². The number of nitrogens with two attached hydrogens (primary N) is 1. The molecule has 0 bridgehead atoms. The molecule has 0 radical (unpaired) electrons. The fourth-order valence-electron chi connectivity index (χ4n) is 2.38. The van der Waals surface area contributed by atoms with Crippen molar-refractivity contribution < 1.29 is 9.53 Å². The highest BCUT2D eigenvalue weighted by Crippen LogP contribution is 2.31. The largest absolute Gasteiger partial charge is 0.381 e. The second kappa shape index (κ2) is 5.83. The van der Waals surface area contributed by atoms with Crippen LogP contribution in [-0.2, 0) is 16.0 Å². The number of carbonyl (C=O) groups is 1. The summed E-state index contributed by atoms with van der Waals surface area (Å²) in [6.07, 6.45) is 1.85. The highest BCUT2D eigenvalue weighted by Gasteiger charge is 2.38. The van der Waals surface area contributed by atoms with E-state index < -0.39 is 5.41 Å². The molecular weight excluding hydrogens is 250 g/mol. The molecule has 0 saturated carbocycles. The zero-order valence-corrected chi connectivity index (χ0v) is 11.1. The number of ketones is 1. The minimum atomic E-state index is -0.402. The molecule has 2 N–H and O–H groups in total. The van der Waals surface area contributed by atoms with E-state index in [1.807, 2.05) is 24.3 Å². The predicted molar refractivity (Wildman–Crippen MR) is 71.7 cm³/mol. The topological polar surface area (TPSA) is 52.3 Å². The molecule has 4 heteroatoms. The Morgan fingerprint density at radius 2 is 2.11 bits per heavy atom. The fraction of sp³-hybridized carbons (Fsp3) is 0.500. The first kappa shape index (κ1) is 13.5. The Hall–Kier alpha value is -0.900. The maximum Gasteiger partial charge on any atom is 0.144 e. The smallest absolute Gasteiger partial charge is 0.144 e. The molecule has 1 aromatic carbocycles. The zero-order chi connectivity index (χ0) is 13.0. The predicted octanol–water partition coefficient (Wildman–Crippen LogP) is 2.21. The highest BCUT2D eigenvalue weighted by atomic mass is 35.5. The van der Waals surface area contributed by atoms with Gasteiger partial charge < -0.3 is 10.5 Å². The lowest BCUT2D eigenvalue weighted by atomic mass is 9.74. The van der Waals surface area contributed by atoms with Crippen LogP contribution in [0.1, 0.15) is 18.4 Å². The lowest BCUT2D eigenvalue weighted by Crippen LogP contribution is -2.44. The number of benzene rings is 1. The van der Waals surface area contributed by atoms with Crippen molar-refractivity contribution in [1.82, 2.24) is 0 Å². The van der Waals surface area contributed by atoms with Gasteiger partial charge in [0.05, 0.1) is 0 Å². The first-order chi connectivity index (χ1) is 8.66. The van der Waals surface area contributed by atoms with Crippen LogP contribution in [0.2, 0.25) is 5.02 Å². The summed E-state index contributed by atoms with van der Waals surface area (Å²) in [4.78, 5) is 12.5. The second-order valence-corrected chi connectivity index (χ2v) is 5.26. The monoisotopic (exact) mass is 267 g/mol. The van der Waals surface area contributed by atoms with Gasteiger partial charge in [0.1, 0.15) is 5.78 Å². The normalized spacial score (nSPS) is 18.6. The van der Waals surface area contributed by atoms with Gasteiger partial charge in [0.15, 0.2) is 0 Å². The number of halogens is 1. The number of hydrogen-bond donors (Lipinski definition) is 1. The van der Waals surface area contributed by atoms with E-state index in [2.05, 4.69) is 0 Å². The number of carbonyl (C=O) groups excluding carboxylic acids is 1. The van der Waals surface area contributed by atoms with Gasteiger partial charge in [-0.05, 0) is 30.5 Å². The SMILES string of the molecule is NCC1(C(=O)Cc2cccc(Cl)c2)CCOCC1. The van der Waals surface area contributed by atoms with Gasteiger partial charge in [-0.25, -0.2) is 0 Å². The molecule has 1 aliphatic rings. The third kappa shape index (κ3) is 2.91. The molecular formula is C14H18ClNO2. The summed E-state index contributed by atoms with van der Waals surface area (Å²) in [5.41, 5.74) is 6.37. The van der Waals surface area contributed by atoms with E-state index in [1.165, 1.54) is 0 Å². The van der Waals surface area contributed by atoms with Crippen molar-refractivity contribution >= 4 is 17.4 Å². The Morgan fingerprint density at radius 1 is 1.39 bits per heavy atom. The molecule has 98 valence electrons. The summed E-state index contributed by atoms with van der Waals surface area (Å²) < 4.78 is 5.32. The Bertz CT molecular complexity index is 428. The van der Waals surface area contributed by atoms with Crippen molar-refractivity contribution in [3.05, 3.63) is 34.9 Å². The van der Waals surface area contributed by atoms with Crippen LogP contribution in [0.4, 0.5) is 0 Å². The minimum Gasteiger partial charge on any atom is -0.381 e. The standard InChI is InChI=1S/C14H18ClNO2/c15-12-3-1-2-11(8-12)9-13(17)14(10-16)4-6-18-7-5-14/h1-3,8H,4-7,9-10,16H2. The van der Waals surface area contributed by atoms with Gasteiger partial charge in [0, 0.05) is 36.6 Å². The molecule has 1 aliphatic heterocycles. The number of hydrogen-bond acceptors (Lipinski definition) is 3. The molecule has 0 atom stereocenters. The van der Waals surface area contributed by atoms with E-state index in [4.69, 9.17) is 22.1 Å². The summed E-state index contributed by atoms with van der Waals surface area (Å²) in [6, 6.07) is 7.43. The quantitative estimate of drug-likeness (QED) is 0.910. The van der Waals surface area contributed by atoms with Gasteiger partial charge in [-0.15, -0.1) is 0 Å². The van der Waals surface area contributed by atoms with Crippen molar-refractivity contribution in [2.75, 3.05) is 19.8 Å². The van der Waals surface area contributed by atoms with Gasteiger partial charge in [-0.1, -0.05) is 23.7 Å². The third-order valence-electron chi connectivity index (χ3n) is 3.69. The summed E-state index contributed by atoms with van der Waals surface area (Å²) in [7, 11) is 0.